The van der Waals surface area contributed by atoms with E-state index in [-0.39, 0.29) is 0 Å². The number of hydrogen-bond donors (Lipinski definition) is 0. The summed E-state index contributed by atoms with van der Waals surface area (Å²) in [5.74, 6) is 1.96. The van der Waals surface area contributed by atoms with Crippen molar-refractivity contribution in [3.8, 4) is 11.5 Å². The van der Waals surface area contributed by atoms with Crippen LogP contribution in [0.3, 0.4) is 0 Å². The molecule has 0 N–H and O–H groups in total. The summed E-state index contributed by atoms with van der Waals surface area (Å²) in [7, 11) is 0. The van der Waals surface area contributed by atoms with Crippen molar-refractivity contribution < 1.29 is 14.0 Å². The summed E-state index contributed by atoms with van der Waals surface area (Å²) in [5.41, 5.74) is 1.59. The standard InChI is InChI=1S/C10H11NO.C9H10O2.C2H6/c1-4-5-6-8(2)10-7-9(3)12-11-10;1-9(2)10-7-5-3-4-6-8(7)11-9;1-2/h4-7H,1-2H2,3H3;3-6H,1-2H3;1-2H3/b6-5-;;. The van der Waals surface area contributed by atoms with Crippen LogP contribution >= 0.6 is 0 Å². The summed E-state index contributed by atoms with van der Waals surface area (Å²) >= 11 is 0. The first kappa shape index (κ1) is 20.3. The van der Waals surface area contributed by atoms with E-state index in [9.17, 15) is 0 Å². The molecule has 1 aromatic carbocycles. The number of hydrogen-bond acceptors (Lipinski definition) is 4. The monoisotopic (exact) mass is 341 g/mol. The van der Waals surface area contributed by atoms with Gasteiger partial charge in [0.15, 0.2) is 11.5 Å². The lowest BCUT2D eigenvalue weighted by Crippen LogP contribution is -2.29. The molecule has 0 amide bonds. The first-order valence-electron chi connectivity index (χ1n) is 8.30. The minimum atomic E-state index is -0.496. The van der Waals surface area contributed by atoms with E-state index in [0.29, 0.717) is 0 Å². The maximum atomic E-state index is 5.47. The summed E-state index contributed by atoms with van der Waals surface area (Å²) in [6, 6.07) is 9.52. The average molecular weight is 341 g/mol. The molecule has 0 saturated carbocycles. The second-order valence-corrected chi connectivity index (χ2v) is 5.49. The van der Waals surface area contributed by atoms with Gasteiger partial charge >= 0.3 is 0 Å². The van der Waals surface area contributed by atoms with Crippen LogP contribution in [0.5, 0.6) is 11.5 Å². The number of fused-ring (bicyclic) bond motifs is 1. The van der Waals surface area contributed by atoms with Crippen molar-refractivity contribution in [3.63, 3.8) is 0 Å². The lowest BCUT2D eigenvalue weighted by atomic mass is 10.2. The summed E-state index contributed by atoms with van der Waals surface area (Å²) < 4.78 is 15.8. The Morgan fingerprint density at radius 1 is 1.12 bits per heavy atom. The van der Waals surface area contributed by atoms with Crippen molar-refractivity contribution in [2.24, 2.45) is 0 Å². The van der Waals surface area contributed by atoms with Gasteiger partial charge in [-0.2, -0.15) is 0 Å². The SMILES string of the molecule is C=C/C=C\C(=C)c1cc(C)on1.CC.CC1(C)Oc2ccccc2O1. The number of allylic oxidation sites excluding steroid dienone is 4. The van der Waals surface area contributed by atoms with Crippen molar-refractivity contribution in [2.45, 2.75) is 40.4 Å². The maximum absolute atomic E-state index is 5.47. The fraction of sp³-hybridized carbons (Fsp3) is 0.286. The second kappa shape index (κ2) is 9.52. The Hall–Kier alpha value is -2.75. The van der Waals surface area contributed by atoms with E-state index in [1.54, 1.807) is 6.08 Å². The Morgan fingerprint density at radius 2 is 1.68 bits per heavy atom. The summed E-state index contributed by atoms with van der Waals surface area (Å²) in [4.78, 5) is 0. The van der Waals surface area contributed by atoms with Crippen LogP contribution in [0.4, 0.5) is 0 Å². The molecular formula is C21H27NO3. The van der Waals surface area contributed by atoms with Gasteiger partial charge < -0.3 is 14.0 Å². The molecule has 4 heteroatoms. The predicted molar refractivity (Wildman–Crippen MR) is 103 cm³/mol. The van der Waals surface area contributed by atoms with E-state index < -0.39 is 5.79 Å². The number of ether oxygens (including phenoxy) is 2. The van der Waals surface area contributed by atoms with E-state index in [2.05, 4.69) is 18.3 Å². The summed E-state index contributed by atoms with van der Waals surface area (Å²) in [5, 5.41) is 3.81. The molecule has 3 rings (SSSR count). The smallest absolute Gasteiger partial charge is 0.246 e. The third kappa shape index (κ3) is 6.34. The molecule has 4 nitrogen and oxygen atoms in total. The van der Waals surface area contributed by atoms with Gasteiger partial charge in [-0.25, -0.2) is 0 Å². The number of rotatable bonds is 3. The zero-order chi connectivity index (χ0) is 18.9. The van der Waals surface area contributed by atoms with E-state index >= 15 is 0 Å². The minimum Gasteiger partial charge on any atom is -0.449 e. The van der Waals surface area contributed by atoms with Gasteiger partial charge in [-0.05, 0) is 24.6 Å². The van der Waals surface area contributed by atoms with Crippen LogP contribution in [0.25, 0.3) is 5.57 Å². The maximum Gasteiger partial charge on any atom is 0.246 e. The highest BCUT2D eigenvalue weighted by atomic mass is 16.7. The van der Waals surface area contributed by atoms with E-state index in [4.69, 9.17) is 14.0 Å². The quantitative estimate of drug-likeness (QED) is 0.646. The van der Waals surface area contributed by atoms with Crippen molar-refractivity contribution in [1.29, 1.82) is 0 Å². The van der Waals surface area contributed by atoms with Gasteiger partial charge in [0.1, 0.15) is 11.5 Å². The number of aromatic nitrogens is 1. The van der Waals surface area contributed by atoms with Crippen LogP contribution in [0.2, 0.25) is 0 Å². The van der Waals surface area contributed by atoms with Crippen molar-refractivity contribution in [2.75, 3.05) is 0 Å². The van der Waals surface area contributed by atoms with Crippen molar-refractivity contribution >= 4 is 5.57 Å². The Morgan fingerprint density at radius 3 is 2.12 bits per heavy atom. The molecule has 134 valence electrons. The molecule has 0 aliphatic carbocycles. The highest BCUT2D eigenvalue weighted by molar-refractivity contribution is 5.69. The van der Waals surface area contributed by atoms with Gasteiger partial charge in [-0.15, -0.1) is 0 Å². The Labute approximate surface area is 150 Å². The first-order chi connectivity index (χ1) is 11.9. The molecule has 1 aliphatic rings. The van der Waals surface area contributed by atoms with E-state index in [0.717, 1.165) is 28.5 Å². The molecular weight excluding hydrogens is 314 g/mol. The zero-order valence-electron chi connectivity index (χ0n) is 15.7. The molecule has 25 heavy (non-hydrogen) atoms. The minimum absolute atomic E-state index is 0.496. The second-order valence-electron chi connectivity index (χ2n) is 5.49. The highest BCUT2D eigenvalue weighted by Crippen LogP contribution is 2.38. The van der Waals surface area contributed by atoms with Crippen molar-refractivity contribution in [3.05, 3.63) is 73.2 Å². The molecule has 0 spiro atoms. The van der Waals surface area contributed by atoms with Gasteiger partial charge in [0.2, 0.25) is 5.79 Å². The Kier molecular flexibility index (Phi) is 7.73. The Bertz CT molecular complexity index is 699. The van der Waals surface area contributed by atoms with Gasteiger partial charge in [-0.3, -0.25) is 0 Å². The lowest BCUT2D eigenvalue weighted by molar-refractivity contribution is -0.0431. The molecule has 0 unspecified atom stereocenters. The third-order valence-electron chi connectivity index (χ3n) is 2.95. The summed E-state index contributed by atoms with van der Waals surface area (Å²) in [6.07, 6.45) is 5.34. The van der Waals surface area contributed by atoms with Crippen LogP contribution in [0, 0.1) is 6.92 Å². The molecule has 2 aromatic rings. The van der Waals surface area contributed by atoms with Gasteiger partial charge in [0.05, 0.1) is 0 Å². The normalized spacial score (nSPS) is 13.3. The Balaban J connectivity index is 0.000000228. The number of para-hydroxylation sites is 2. The highest BCUT2D eigenvalue weighted by Gasteiger charge is 2.30. The number of aryl methyl sites for hydroxylation is 1. The largest absolute Gasteiger partial charge is 0.449 e. The first-order valence-corrected chi connectivity index (χ1v) is 8.30. The average Bonchev–Trinajstić information content (AvgIpc) is 3.16. The molecule has 1 aromatic heterocycles. The van der Waals surface area contributed by atoms with Crippen LogP contribution in [-0.4, -0.2) is 10.9 Å². The van der Waals surface area contributed by atoms with Crippen LogP contribution < -0.4 is 9.47 Å². The lowest BCUT2D eigenvalue weighted by Gasteiger charge is -2.16. The molecule has 0 saturated heterocycles. The van der Waals surface area contributed by atoms with Crippen molar-refractivity contribution in [1.82, 2.24) is 5.16 Å². The topological polar surface area (TPSA) is 44.5 Å². The van der Waals surface area contributed by atoms with E-state index in [1.165, 1.54) is 0 Å². The molecule has 0 fully saturated rings. The number of nitrogens with zero attached hydrogens (tertiary/aromatic N) is 1. The van der Waals surface area contributed by atoms with E-state index in [1.807, 2.05) is 77.1 Å². The predicted octanol–water partition coefficient (Wildman–Crippen LogP) is 5.96. The van der Waals surface area contributed by atoms with Gasteiger partial charge in [-0.1, -0.05) is 62.5 Å². The van der Waals surface area contributed by atoms with Crippen LogP contribution in [0.15, 0.2) is 66.2 Å². The fourth-order valence-corrected chi connectivity index (χ4v) is 1.96. The summed E-state index contributed by atoms with van der Waals surface area (Å²) in [6.45, 7) is 17.0. The number of benzene rings is 1. The molecule has 0 atom stereocenters. The molecule has 0 radical (unpaired) electrons. The molecule has 2 heterocycles. The molecule has 1 aliphatic heterocycles. The zero-order valence-corrected chi connectivity index (χ0v) is 15.7. The van der Waals surface area contributed by atoms with Crippen LogP contribution in [-0.2, 0) is 0 Å². The van der Waals surface area contributed by atoms with Gasteiger partial charge in [0.25, 0.3) is 0 Å². The van der Waals surface area contributed by atoms with Crippen LogP contribution in [0.1, 0.15) is 39.1 Å². The third-order valence-corrected chi connectivity index (χ3v) is 2.95. The fourth-order valence-electron chi connectivity index (χ4n) is 1.96. The van der Waals surface area contributed by atoms with Gasteiger partial charge in [0, 0.05) is 19.9 Å². The molecule has 0 bridgehead atoms.